The Morgan fingerprint density at radius 1 is 1.00 bits per heavy atom. The molecule has 3 aromatic rings. The Bertz CT molecular complexity index is 1280. The van der Waals surface area contributed by atoms with Crippen molar-refractivity contribution in [3.8, 4) is 16.9 Å². The molecule has 0 saturated carbocycles. The molecule has 0 aliphatic carbocycles. The maximum atomic E-state index is 12.7. The Kier molecular flexibility index (Phi) is 6.86. The van der Waals surface area contributed by atoms with E-state index >= 15 is 0 Å². The standard InChI is InChI=1S/C25H27N3O5/c1-14-8-9-18(10-15(14)2)17-6-5-7-19(11-17)20(12-21(29)30)26-25(33)27-22-23(31)16(3)13-28(4)24(22)32/h5-11,13,20,31H,12H2,1-4H3,(H,29,30)(H2,26,27,33). The second-order valence-corrected chi connectivity index (χ2v) is 8.13. The zero-order valence-electron chi connectivity index (χ0n) is 19.0. The topological polar surface area (TPSA) is 121 Å². The number of benzene rings is 2. The summed E-state index contributed by atoms with van der Waals surface area (Å²) in [5.74, 6) is -1.43. The number of carbonyl (C=O) groups excluding carboxylic acids is 1. The van der Waals surface area contributed by atoms with Gasteiger partial charge in [0.05, 0.1) is 12.5 Å². The summed E-state index contributed by atoms with van der Waals surface area (Å²) in [6.07, 6.45) is 1.09. The monoisotopic (exact) mass is 449 g/mol. The number of hydrogen-bond donors (Lipinski definition) is 4. The predicted molar refractivity (Wildman–Crippen MR) is 127 cm³/mol. The Hall–Kier alpha value is -4.07. The van der Waals surface area contributed by atoms with E-state index in [-0.39, 0.29) is 17.9 Å². The van der Waals surface area contributed by atoms with Crippen molar-refractivity contribution in [1.82, 2.24) is 9.88 Å². The number of nitrogens with zero attached hydrogens (tertiary/aromatic N) is 1. The van der Waals surface area contributed by atoms with Gasteiger partial charge in [-0.3, -0.25) is 9.59 Å². The summed E-state index contributed by atoms with van der Waals surface area (Å²) in [6, 6.07) is 11.7. The fourth-order valence-electron chi connectivity index (χ4n) is 3.59. The summed E-state index contributed by atoms with van der Waals surface area (Å²) in [5.41, 5.74) is 4.33. The number of pyridine rings is 1. The summed E-state index contributed by atoms with van der Waals surface area (Å²) in [5, 5.41) is 24.6. The molecule has 8 nitrogen and oxygen atoms in total. The van der Waals surface area contributed by atoms with Gasteiger partial charge in [-0.2, -0.15) is 0 Å². The van der Waals surface area contributed by atoms with Gasteiger partial charge in [-0.25, -0.2) is 4.79 Å². The van der Waals surface area contributed by atoms with Crippen molar-refractivity contribution in [2.45, 2.75) is 33.2 Å². The van der Waals surface area contributed by atoms with Crippen molar-refractivity contribution in [2.24, 2.45) is 7.05 Å². The molecule has 1 heterocycles. The number of carboxylic acids is 1. The van der Waals surface area contributed by atoms with Gasteiger partial charge in [0.2, 0.25) is 0 Å². The average Bonchev–Trinajstić information content (AvgIpc) is 2.76. The first-order chi connectivity index (χ1) is 15.6. The van der Waals surface area contributed by atoms with E-state index in [1.807, 2.05) is 38.1 Å². The van der Waals surface area contributed by atoms with Crippen molar-refractivity contribution >= 4 is 17.7 Å². The third kappa shape index (κ3) is 5.41. The number of amides is 2. The molecule has 2 aromatic carbocycles. The number of aromatic nitrogens is 1. The van der Waals surface area contributed by atoms with Gasteiger partial charge < -0.3 is 25.4 Å². The number of carboxylic acid groups (broad SMARTS) is 1. The number of nitrogens with one attached hydrogen (secondary N) is 2. The van der Waals surface area contributed by atoms with Crippen LogP contribution in [0.1, 0.15) is 34.7 Å². The van der Waals surface area contributed by atoms with Crippen LogP contribution in [-0.2, 0) is 11.8 Å². The highest BCUT2D eigenvalue weighted by molar-refractivity contribution is 5.91. The van der Waals surface area contributed by atoms with E-state index in [1.165, 1.54) is 23.4 Å². The molecule has 0 fully saturated rings. The third-order valence-corrected chi connectivity index (χ3v) is 5.58. The second-order valence-electron chi connectivity index (χ2n) is 8.13. The lowest BCUT2D eigenvalue weighted by Gasteiger charge is -2.19. The SMILES string of the molecule is Cc1ccc(-c2cccc(C(CC(=O)O)NC(=O)Nc3c(O)c(C)cn(C)c3=O)c2)cc1C. The van der Waals surface area contributed by atoms with Crippen molar-refractivity contribution in [3.63, 3.8) is 0 Å². The highest BCUT2D eigenvalue weighted by atomic mass is 16.4. The number of hydrogen-bond acceptors (Lipinski definition) is 4. The molecular weight excluding hydrogens is 422 g/mol. The van der Waals surface area contributed by atoms with Gasteiger partial charge in [0.25, 0.3) is 5.56 Å². The molecule has 3 rings (SSSR count). The minimum absolute atomic E-state index is 0.270. The van der Waals surface area contributed by atoms with Crippen LogP contribution in [0.4, 0.5) is 10.5 Å². The molecular formula is C25H27N3O5. The summed E-state index contributed by atoms with van der Waals surface area (Å²) in [7, 11) is 1.50. The maximum absolute atomic E-state index is 12.7. The van der Waals surface area contributed by atoms with Crippen LogP contribution < -0.4 is 16.2 Å². The Morgan fingerprint density at radius 2 is 1.70 bits per heavy atom. The molecule has 0 spiro atoms. The molecule has 0 saturated heterocycles. The van der Waals surface area contributed by atoms with Crippen LogP contribution in [0.3, 0.4) is 0 Å². The summed E-state index contributed by atoms with van der Waals surface area (Å²) in [6.45, 7) is 5.65. The fourth-order valence-corrected chi connectivity index (χ4v) is 3.59. The number of anilines is 1. The fraction of sp³-hybridized carbons (Fsp3) is 0.240. The average molecular weight is 450 g/mol. The van der Waals surface area contributed by atoms with Gasteiger partial charge in [0.1, 0.15) is 5.75 Å². The number of rotatable bonds is 6. The summed E-state index contributed by atoms with van der Waals surface area (Å²) >= 11 is 0. The van der Waals surface area contributed by atoms with Gasteiger partial charge in [-0.15, -0.1) is 0 Å². The number of urea groups is 1. The van der Waals surface area contributed by atoms with E-state index in [2.05, 4.69) is 16.7 Å². The highest BCUT2D eigenvalue weighted by Crippen LogP contribution is 2.27. The quantitative estimate of drug-likeness (QED) is 0.453. The highest BCUT2D eigenvalue weighted by Gasteiger charge is 2.21. The normalized spacial score (nSPS) is 11.6. The minimum atomic E-state index is -1.09. The molecule has 172 valence electrons. The lowest BCUT2D eigenvalue weighted by atomic mass is 9.96. The zero-order chi connectivity index (χ0) is 24.3. The molecule has 2 amide bonds. The molecule has 33 heavy (non-hydrogen) atoms. The zero-order valence-corrected chi connectivity index (χ0v) is 19.0. The van der Waals surface area contributed by atoms with Crippen molar-refractivity contribution < 1.29 is 19.8 Å². The molecule has 0 bridgehead atoms. The number of aromatic hydroxyl groups is 1. The molecule has 1 atom stereocenters. The summed E-state index contributed by atoms with van der Waals surface area (Å²) < 4.78 is 1.24. The molecule has 8 heteroatoms. The van der Waals surface area contributed by atoms with Crippen molar-refractivity contribution in [1.29, 1.82) is 0 Å². The first kappa shape index (κ1) is 23.6. The molecule has 0 radical (unpaired) electrons. The largest absolute Gasteiger partial charge is 0.505 e. The van der Waals surface area contributed by atoms with E-state index < -0.39 is 23.6 Å². The molecule has 1 aromatic heterocycles. The van der Waals surface area contributed by atoms with Crippen molar-refractivity contribution in [3.05, 3.63) is 81.3 Å². The first-order valence-electron chi connectivity index (χ1n) is 10.4. The lowest BCUT2D eigenvalue weighted by molar-refractivity contribution is -0.137. The Morgan fingerprint density at radius 3 is 2.36 bits per heavy atom. The minimum Gasteiger partial charge on any atom is -0.505 e. The molecule has 1 unspecified atom stereocenters. The van der Waals surface area contributed by atoms with Gasteiger partial charge in [0, 0.05) is 18.8 Å². The molecule has 4 N–H and O–H groups in total. The second kappa shape index (κ2) is 9.60. The van der Waals surface area contributed by atoms with E-state index in [9.17, 15) is 24.6 Å². The van der Waals surface area contributed by atoms with E-state index in [4.69, 9.17) is 0 Å². The van der Waals surface area contributed by atoms with Crippen LogP contribution in [0.25, 0.3) is 11.1 Å². The van der Waals surface area contributed by atoms with Gasteiger partial charge in [-0.05, 0) is 54.7 Å². The van der Waals surface area contributed by atoms with Crippen LogP contribution in [0.15, 0.2) is 53.5 Å². The van der Waals surface area contributed by atoms with Gasteiger partial charge in [0.15, 0.2) is 5.69 Å². The van der Waals surface area contributed by atoms with Crippen LogP contribution in [-0.4, -0.2) is 26.8 Å². The number of carbonyl (C=O) groups is 2. The van der Waals surface area contributed by atoms with Crippen LogP contribution >= 0.6 is 0 Å². The molecule has 0 aliphatic heterocycles. The first-order valence-corrected chi connectivity index (χ1v) is 10.4. The van der Waals surface area contributed by atoms with Crippen LogP contribution in [0.2, 0.25) is 0 Å². The smallest absolute Gasteiger partial charge is 0.319 e. The van der Waals surface area contributed by atoms with E-state index in [1.54, 1.807) is 19.1 Å². The van der Waals surface area contributed by atoms with Gasteiger partial charge in [-0.1, -0.05) is 36.4 Å². The number of aliphatic carboxylic acids is 1. The Balaban J connectivity index is 1.89. The van der Waals surface area contributed by atoms with Crippen molar-refractivity contribution in [2.75, 3.05) is 5.32 Å². The van der Waals surface area contributed by atoms with Gasteiger partial charge >= 0.3 is 12.0 Å². The van der Waals surface area contributed by atoms with E-state index in [0.29, 0.717) is 11.1 Å². The van der Waals surface area contributed by atoms with Crippen LogP contribution in [0.5, 0.6) is 5.75 Å². The number of aryl methyl sites for hydroxylation is 4. The maximum Gasteiger partial charge on any atom is 0.319 e. The lowest BCUT2D eigenvalue weighted by Crippen LogP contribution is -2.36. The van der Waals surface area contributed by atoms with E-state index in [0.717, 1.165) is 16.7 Å². The van der Waals surface area contributed by atoms with Crippen LogP contribution in [0, 0.1) is 20.8 Å². The summed E-state index contributed by atoms with van der Waals surface area (Å²) in [4.78, 5) is 36.5. The third-order valence-electron chi connectivity index (χ3n) is 5.58. The molecule has 0 aliphatic rings. The Labute approximate surface area is 191 Å². The predicted octanol–water partition coefficient (Wildman–Crippen LogP) is 4.02.